The van der Waals surface area contributed by atoms with Crippen molar-refractivity contribution in [3.8, 4) is 0 Å². The van der Waals surface area contributed by atoms with Gasteiger partial charge in [0.2, 0.25) is 0 Å². The van der Waals surface area contributed by atoms with E-state index in [2.05, 4.69) is 29.6 Å². The maximum Gasteiger partial charge on any atom is 0.293 e. The molecule has 0 atom stereocenters. The van der Waals surface area contributed by atoms with Crippen LogP contribution in [0.25, 0.3) is 32.0 Å². The second-order valence-electron chi connectivity index (χ2n) is 6.84. The Morgan fingerprint density at radius 1 is 1.04 bits per heavy atom. The highest BCUT2D eigenvalue weighted by atomic mass is 32.1. The molecule has 1 aliphatic carbocycles. The van der Waals surface area contributed by atoms with Crippen molar-refractivity contribution in [3.63, 3.8) is 0 Å². The lowest BCUT2D eigenvalue weighted by atomic mass is 10.0. The number of para-hydroxylation sites is 1. The molecule has 0 unspecified atom stereocenters. The molecule has 2 heterocycles. The predicted molar refractivity (Wildman–Crippen MR) is 109 cm³/mol. The molecule has 3 aromatic carbocycles. The zero-order chi connectivity index (χ0) is 18.0. The van der Waals surface area contributed by atoms with Gasteiger partial charge in [-0.25, -0.2) is 4.98 Å². The number of anilines is 1. The Balaban J connectivity index is 1.42. The van der Waals surface area contributed by atoms with Gasteiger partial charge >= 0.3 is 0 Å². The van der Waals surface area contributed by atoms with Gasteiger partial charge in [-0.1, -0.05) is 47.7 Å². The first-order valence-electron chi connectivity index (χ1n) is 8.90. The van der Waals surface area contributed by atoms with Crippen LogP contribution in [0, 0.1) is 0 Å². The van der Waals surface area contributed by atoms with Gasteiger partial charge in [-0.15, -0.1) is 0 Å². The number of nitrogens with one attached hydrogen (secondary N) is 1. The van der Waals surface area contributed by atoms with Gasteiger partial charge in [0, 0.05) is 10.8 Å². The third kappa shape index (κ3) is 2.22. The number of hydrogen-bond donors (Lipinski definition) is 1. The molecule has 0 spiro atoms. The molecule has 2 aromatic heterocycles. The lowest BCUT2D eigenvalue weighted by Crippen LogP contribution is -2.10. The number of aromatic nitrogens is 1. The van der Waals surface area contributed by atoms with Crippen LogP contribution in [0.3, 0.4) is 0 Å². The van der Waals surface area contributed by atoms with Crippen molar-refractivity contribution in [1.29, 1.82) is 0 Å². The molecule has 0 saturated heterocycles. The van der Waals surface area contributed by atoms with Crippen LogP contribution in [-0.2, 0) is 12.8 Å². The molecule has 0 saturated carbocycles. The molecule has 1 N–H and O–H groups in total. The topological polar surface area (TPSA) is 55.1 Å². The molecule has 0 radical (unpaired) electrons. The van der Waals surface area contributed by atoms with Crippen LogP contribution in [0.1, 0.15) is 21.7 Å². The van der Waals surface area contributed by atoms with Crippen molar-refractivity contribution >= 4 is 54.3 Å². The third-order valence-corrected chi connectivity index (χ3v) is 6.14. The van der Waals surface area contributed by atoms with Crippen molar-refractivity contribution in [2.45, 2.75) is 12.8 Å². The van der Waals surface area contributed by atoms with E-state index in [0.717, 1.165) is 28.4 Å². The van der Waals surface area contributed by atoms with Crippen molar-refractivity contribution in [2.75, 3.05) is 5.32 Å². The molecule has 130 valence electrons. The van der Waals surface area contributed by atoms with Gasteiger partial charge in [0.1, 0.15) is 5.58 Å². The fourth-order valence-corrected chi connectivity index (χ4v) is 4.95. The molecule has 5 heteroatoms. The maximum absolute atomic E-state index is 12.6. The normalized spacial score (nSPS) is 13.0. The minimum atomic E-state index is -0.275. The highest BCUT2D eigenvalue weighted by Gasteiger charge is 2.20. The zero-order valence-electron chi connectivity index (χ0n) is 14.3. The Morgan fingerprint density at radius 3 is 2.85 bits per heavy atom. The van der Waals surface area contributed by atoms with E-state index in [0.29, 0.717) is 16.5 Å². The first kappa shape index (κ1) is 14.9. The van der Waals surface area contributed by atoms with Gasteiger partial charge in [0.05, 0.1) is 10.2 Å². The summed E-state index contributed by atoms with van der Waals surface area (Å²) in [6.07, 6.45) is 2.17. The van der Waals surface area contributed by atoms with Crippen LogP contribution in [0.5, 0.6) is 0 Å². The number of amides is 1. The van der Waals surface area contributed by atoms with E-state index in [1.165, 1.54) is 33.2 Å². The van der Waals surface area contributed by atoms with Gasteiger partial charge in [0.25, 0.3) is 5.91 Å². The van der Waals surface area contributed by atoms with Crippen LogP contribution in [0.2, 0.25) is 0 Å². The highest BCUT2D eigenvalue weighted by molar-refractivity contribution is 7.22. The summed E-state index contributed by atoms with van der Waals surface area (Å²) >= 11 is 1.51. The molecule has 5 aromatic rings. The smallest absolute Gasteiger partial charge is 0.293 e. The number of furan rings is 1. The molecule has 0 aliphatic heterocycles. The van der Waals surface area contributed by atoms with Gasteiger partial charge in [-0.2, -0.15) is 0 Å². The molecule has 0 fully saturated rings. The lowest BCUT2D eigenvalue weighted by molar-refractivity contribution is 0.0998. The van der Waals surface area contributed by atoms with Gasteiger partial charge in [-0.05, 0) is 47.6 Å². The molecular formula is C22H14N2O2S. The second-order valence-corrected chi connectivity index (χ2v) is 7.87. The fraction of sp³-hybridized carbons (Fsp3) is 0.0909. The van der Waals surface area contributed by atoms with Gasteiger partial charge in [0.15, 0.2) is 10.9 Å². The molecule has 1 aliphatic rings. The van der Waals surface area contributed by atoms with Crippen LogP contribution in [0.4, 0.5) is 5.13 Å². The van der Waals surface area contributed by atoms with Gasteiger partial charge < -0.3 is 4.42 Å². The predicted octanol–water partition coefficient (Wildman–Crippen LogP) is 5.55. The average molecular weight is 370 g/mol. The summed E-state index contributed by atoms with van der Waals surface area (Å²) in [5.41, 5.74) is 4.44. The largest absolute Gasteiger partial charge is 0.451 e. The Hall–Kier alpha value is -3.18. The summed E-state index contributed by atoms with van der Waals surface area (Å²) in [5, 5.41) is 6.93. The van der Waals surface area contributed by atoms with Gasteiger partial charge in [-0.3, -0.25) is 10.1 Å². The summed E-state index contributed by atoms with van der Waals surface area (Å²) in [6.45, 7) is 0. The van der Waals surface area contributed by atoms with E-state index in [9.17, 15) is 4.79 Å². The monoisotopic (exact) mass is 370 g/mol. The highest BCUT2D eigenvalue weighted by Crippen LogP contribution is 2.39. The standard InChI is InChI=1S/C22H14N2O2S/c25-21(17-10-13-4-1-2-7-16(13)26-17)24-22-23-20-15-6-3-5-12-8-9-14(19(12)15)11-18(20)27-22/h1-7,10-11H,8-9H2,(H,23,24,25). The number of fused-ring (bicyclic) bond motifs is 3. The Morgan fingerprint density at radius 2 is 1.93 bits per heavy atom. The maximum atomic E-state index is 12.6. The number of carbonyl (C=O) groups is 1. The number of nitrogens with zero attached hydrogens (tertiary/aromatic N) is 1. The van der Waals surface area contributed by atoms with Crippen molar-refractivity contribution in [1.82, 2.24) is 4.98 Å². The number of hydrogen-bond acceptors (Lipinski definition) is 4. The first-order valence-corrected chi connectivity index (χ1v) is 9.72. The Kier molecular flexibility index (Phi) is 2.99. The van der Waals surface area contributed by atoms with Crippen molar-refractivity contribution in [3.05, 3.63) is 71.5 Å². The van der Waals surface area contributed by atoms with E-state index in [4.69, 9.17) is 9.40 Å². The zero-order valence-corrected chi connectivity index (χ0v) is 15.1. The number of thiazole rings is 1. The summed E-state index contributed by atoms with van der Waals surface area (Å²) in [6, 6.07) is 18.0. The van der Waals surface area contributed by atoms with Crippen LogP contribution >= 0.6 is 11.3 Å². The number of rotatable bonds is 2. The summed E-state index contributed by atoms with van der Waals surface area (Å²) < 4.78 is 6.76. The first-order chi connectivity index (χ1) is 13.3. The Bertz CT molecular complexity index is 1350. The fourth-order valence-electron chi connectivity index (χ4n) is 4.01. The summed E-state index contributed by atoms with van der Waals surface area (Å²) in [4.78, 5) is 17.3. The number of aryl methyl sites for hydroxylation is 2. The molecule has 0 bridgehead atoms. The third-order valence-electron chi connectivity index (χ3n) is 5.22. The van der Waals surface area contributed by atoms with E-state index in [1.807, 2.05) is 24.3 Å². The van der Waals surface area contributed by atoms with Crippen molar-refractivity contribution in [2.24, 2.45) is 0 Å². The molecule has 27 heavy (non-hydrogen) atoms. The van der Waals surface area contributed by atoms with Crippen LogP contribution in [0.15, 0.2) is 59.0 Å². The number of carbonyl (C=O) groups excluding carboxylic acids is 1. The Labute approximate surface area is 158 Å². The minimum Gasteiger partial charge on any atom is -0.451 e. The van der Waals surface area contributed by atoms with Crippen LogP contribution in [-0.4, -0.2) is 10.9 Å². The number of benzene rings is 3. The second kappa shape index (κ2) is 5.41. The van der Waals surface area contributed by atoms with E-state index in [-0.39, 0.29) is 5.91 Å². The molecule has 6 rings (SSSR count). The van der Waals surface area contributed by atoms with E-state index in [1.54, 1.807) is 6.07 Å². The molecular weight excluding hydrogens is 356 g/mol. The quantitative estimate of drug-likeness (QED) is 0.443. The molecule has 4 nitrogen and oxygen atoms in total. The summed E-state index contributed by atoms with van der Waals surface area (Å²) in [7, 11) is 0. The SMILES string of the molecule is O=C(Nc1nc2c(cc3c4c(cccc42)CC3)s1)c1cc2ccccc2o1. The molecule has 1 amide bonds. The average Bonchev–Trinajstić information content (AvgIpc) is 3.39. The van der Waals surface area contributed by atoms with E-state index >= 15 is 0 Å². The van der Waals surface area contributed by atoms with E-state index < -0.39 is 0 Å². The summed E-state index contributed by atoms with van der Waals surface area (Å²) in [5.74, 6) is 0.0203. The minimum absolute atomic E-state index is 0.275. The van der Waals surface area contributed by atoms with Crippen molar-refractivity contribution < 1.29 is 9.21 Å². The lowest BCUT2D eigenvalue weighted by Gasteiger charge is -2.02. The van der Waals surface area contributed by atoms with Crippen LogP contribution < -0.4 is 5.32 Å².